The highest BCUT2D eigenvalue weighted by atomic mass is 32.2. The van der Waals surface area contributed by atoms with Crippen LogP contribution in [-0.2, 0) is 4.79 Å². The number of tetrazole rings is 1. The summed E-state index contributed by atoms with van der Waals surface area (Å²) in [6, 6.07) is 9.08. The number of nitrogens with zero attached hydrogens (tertiary/aromatic N) is 4. The van der Waals surface area contributed by atoms with Crippen molar-refractivity contribution in [2.45, 2.75) is 31.2 Å². The first-order valence-electron chi connectivity index (χ1n) is 8.13. The fourth-order valence-corrected chi connectivity index (χ4v) is 3.28. The summed E-state index contributed by atoms with van der Waals surface area (Å²) in [7, 11) is 0. The number of amides is 1. The van der Waals surface area contributed by atoms with Crippen LogP contribution in [0.2, 0.25) is 0 Å². The molecule has 1 heterocycles. The molecule has 2 aromatic carbocycles. The van der Waals surface area contributed by atoms with E-state index in [4.69, 9.17) is 0 Å². The molecule has 1 amide bonds. The number of hydrogen-bond donors (Lipinski definition) is 1. The molecule has 0 aliphatic heterocycles. The van der Waals surface area contributed by atoms with E-state index in [1.54, 1.807) is 11.6 Å². The van der Waals surface area contributed by atoms with Crippen LogP contribution >= 0.6 is 11.8 Å². The lowest BCUT2D eigenvalue weighted by atomic mass is 10.1. The van der Waals surface area contributed by atoms with Crippen LogP contribution in [0, 0.1) is 25.5 Å². The van der Waals surface area contributed by atoms with Crippen LogP contribution in [0.1, 0.15) is 18.1 Å². The van der Waals surface area contributed by atoms with E-state index in [0.717, 1.165) is 28.9 Å². The van der Waals surface area contributed by atoms with E-state index in [-0.39, 0.29) is 11.6 Å². The standard InChI is InChI=1S/C18H17F2N5OS/c1-10-4-7-16(11(2)8-10)25-18(22-23-24-25)27-12(3)17(26)21-13-5-6-14(19)15(20)9-13/h4-9,12H,1-3H3,(H,21,26)/t12-/m0/s1. The van der Waals surface area contributed by atoms with Gasteiger partial charge < -0.3 is 5.32 Å². The molecule has 0 aliphatic rings. The molecule has 0 radical (unpaired) electrons. The van der Waals surface area contributed by atoms with Crippen molar-refractivity contribution in [2.24, 2.45) is 0 Å². The molecule has 0 bridgehead atoms. The zero-order valence-corrected chi connectivity index (χ0v) is 15.7. The Labute approximate surface area is 159 Å². The smallest absolute Gasteiger partial charge is 0.237 e. The van der Waals surface area contributed by atoms with Gasteiger partial charge in [0.05, 0.1) is 10.9 Å². The first kappa shape index (κ1) is 19.0. The summed E-state index contributed by atoms with van der Waals surface area (Å²) in [5.74, 6) is -2.36. The largest absolute Gasteiger partial charge is 0.325 e. The predicted molar refractivity (Wildman–Crippen MR) is 98.9 cm³/mol. The molecule has 9 heteroatoms. The minimum atomic E-state index is -1.02. The van der Waals surface area contributed by atoms with Gasteiger partial charge in [0.2, 0.25) is 11.1 Å². The zero-order chi connectivity index (χ0) is 19.6. The Kier molecular flexibility index (Phi) is 5.50. The van der Waals surface area contributed by atoms with Gasteiger partial charge in [0.1, 0.15) is 0 Å². The van der Waals surface area contributed by atoms with E-state index in [9.17, 15) is 13.6 Å². The van der Waals surface area contributed by atoms with Gasteiger partial charge >= 0.3 is 0 Å². The minimum Gasteiger partial charge on any atom is -0.325 e. The van der Waals surface area contributed by atoms with Crippen LogP contribution in [0.25, 0.3) is 5.69 Å². The quantitative estimate of drug-likeness (QED) is 0.674. The SMILES string of the molecule is Cc1ccc(-n2nnnc2S[C@@H](C)C(=O)Nc2ccc(F)c(F)c2)c(C)c1. The minimum absolute atomic E-state index is 0.181. The second-order valence-electron chi connectivity index (χ2n) is 6.04. The molecular formula is C18H17F2N5OS. The average molecular weight is 389 g/mol. The summed E-state index contributed by atoms with van der Waals surface area (Å²) in [4.78, 5) is 12.4. The molecular weight excluding hydrogens is 372 g/mol. The van der Waals surface area contributed by atoms with Crippen LogP contribution < -0.4 is 5.32 Å². The van der Waals surface area contributed by atoms with Crippen molar-refractivity contribution >= 4 is 23.4 Å². The number of hydrogen-bond acceptors (Lipinski definition) is 5. The van der Waals surface area contributed by atoms with Gasteiger partial charge in [-0.3, -0.25) is 4.79 Å². The summed E-state index contributed by atoms with van der Waals surface area (Å²) in [5.41, 5.74) is 3.13. The molecule has 1 atom stereocenters. The van der Waals surface area contributed by atoms with Crippen LogP contribution in [0.5, 0.6) is 0 Å². The van der Waals surface area contributed by atoms with Crippen LogP contribution in [-0.4, -0.2) is 31.4 Å². The van der Waals surface area contributed by atoms with E-state index in [1.807, 2.05) is 32.0 Å². The van der Waals surface area contributed by atoms with Crippen molar-refractivity contribution in [3.05, 3.63) is 59.2 Å². The molecule has 3 rings (SSSR count). The third-order valence-corrected chi connectivity index (χ3v) is 4.89. The summed E-state index contributed by atoms with van der Waals surface area (Å²) in [6.07, 6.45) is 0. The molecule has 0 aliphatic carbocycles. The topological polar surface area (TPSA) is 72.7 Å². The first-order chi connectivity index (χ1) is 12.8. The zero-order valence-electron chi connectivity index (χ0n) is 14.9. The van der Waals surface area contributed by atoms with Crippen molar-refractivity contribution in [3.8, 4) is 5.69 Å². The number of carbonyl (C=O) groups is 1. The molecule has 0 spiro atoms. The number of benzene rings is 2. The van der Waals surface area contributed by atoms with Crippen molar-refractivity contribution in [2.75, 3.05) is 5.32 Å². The van der Waals surface area contributed by atoms with E-state index < -0.39 is 16.9 Å². The van der Waals surface area contributed by atoms with Crippen molar-refractivity contribution in [1.29, 1.82) is 0 Å². The summed E-state index contributed by atoms with van der Waals surface area (Å²) in [5, 5.41) is 14.1. The second kappa shape index (κ2) is 7.83. The van der Waals surface area contributed by atoms with Crippen LogP contribution in [0.4, 0.5) is 14.5 Å². The van der Waals surface area contributed by atoms with Gasteiger partial charge in [-0.1, -0.05) is 29.5 Å². The van der Waals surface area contributed by atoms with Crippen molar-refractivity contribution in [3.63, 3.8) is 0 Å². The maximum absolute atomic E-state index is 13.3. The molecule has 6 nitrogen and oxygen atoms in total. The number of aryl methyl sites for hydroxylation is 2. The molecule has 3 aromatic rings. The van der Waals surface area contributed by atoms with Crippen LogP contribution in [0.15, 0.2) is 41.6 Å². The number of carbonyl (C=O) groups excluding carboxylic acids is 1. The monoisotopic (exact) mass is 389 g/mol. The average Bonchev–Trinajstić information content (AvgIpc) is 3.06. The lowest BCUT2D eigenvalue weighted by molar-refractivity contribution is -0.115. The number of thioether (sulfide) groups is 1. The summed E-state index contributed by atoms with van der Waals surface area (Å²) >= 11 is 1.17. The Morgan fingerprint density at radius 1 is 1.15 bits per heavy atom. The predicted octanol–water partition coefficient (Wildman–Crippen LogP) is 3.68. The van der Waals surface area contributed by atoms with Crippen molar-refractivity contribution in [1.82, 2.24) is 20.2 Å². The van der Waals surface area contributed by atoms with Gasteiger partial charge in [0.15, 0.2) is 11.6 Å². The Balaban J connectivity index is 1.74. The molecule has 140 valence electrons. The number of rotatable bonds is 5. The van der Waals surface area contributed by atoms with Gasteiger partial charge in [-0.2, -0.15) is 4.68 Å². The Bertz CT molecular complexity index is 992. The van der Waals surface area contributed by atoms with E-state index in [2.05, 4.69) is 20.8 Å². The second-order valence-corrected chi connectivity index (χ2v) is 7.35. The van der Waals surface area contributed by atoms with Crippen LogP contribution in [0.3, 0.4) is 0 Å². The third-order valence-electron chi connectivity index (χ3n) is 3.86. The van der Waals surface area contributed by atoms with Gasteiger partial charge in [0.25, 0.3) is 0 Å². The van der Waals surface area contributed by atoms with E-state index in [1.165, 1.54) is 17.8 Å². The Morgan fingerprint density at radius 3 is 2.63 bits per heavy atom. The molecule has 0 saturated heterocycles. The lowest BCUT2D eigenvalue weighted by Crippen LogP contribution is -2.23. The molecule has 0 unspecified atom stereocenters. The fourth-order valence-electron chi connectivity index (χ4n) is 2.48. The van der Waals surface area contributed by atoms with Crippen molar-refractivity contribution < 1.29 is 13.6 Å². The normalized spacial score (nSPS) is 12.0. The maximum atomic E-state index is 13.3. The summed E-state index contributed by atoms with van der Waals surface area (Å²) in [6.45, 7) is 5.63. The highest BCUT2D eigenvalue weighted by molar-refractivity contribution is 8.00. The first-order valence-corrected chi connectivity index (χ1v) is 9.01. The number of aromatic nitrogens is 4. The molecule has 0 fully saturated rings. The maximum Gasteiger partial charge on any atom is 0.237 e. The highest BCUT2D eigenvalue weighted by Crippen LogP contribution is 2.25. The van der Waals surface area contributed by atoms with Gasteiger partial charge in [0, 0.05) is 11.8 Å². The number of halogens is 2. The molecule has 1 N–H and O–H groups in total. The third kappa shape index (κ3) is 4.30. The summed E-state index contributed by atoms with van der Waals surface area (Å²) < 4.78 is 27.8. The van der Waals surface area contributed by atoms with Gasteiger partial charge in [-0.15, -0.1) is 5.10 Å². The number of anilines is 1. The molecule has 1 aromatic heterocycles. The van der Waals surface area contributed by atoms with Gasteiger partial charge in [-0.05, 0) is 55.0 Å². The Hall–Kier alpha value is -2.81. The van der Waals surface area contributed by atoms with E-state index in [0.29, 0.717) is 5.16 Å². The fraction of sp³-hybridized carbons (Fsp3) is 0.222. The number of nitrogens with one attached hydrogen (secondary N) is 1. The molecule has 27 heavy (non-hydrogen) atoms. The van der Waals surface area contributed by atoms with E-state index >= 15 is 0 Å². The van der Waals surface area contributed by atoms with Gasteiger partial charge in [-0.25, -0.2) is 8.78 Å². The Morgan fingerprint density at radius 2 is 1.93 bits per heavy atom. The lowest BCUT2D eigenvalue weighted by Gasteiger charge is -2.13. The highest BCUT2D eigenvalue weighted by Gasteiger charge is 2.20. The molecule has 0 saturated carbocycles.